The summed E-state index contributed by atoms with van der Waals surface area (Å²) < 4.78 is 74.7. The predicted molar refractivity (Wildman–Crippen MR) is 154 cm³/mol. The summed E-state index contributed by atoms with van der Waals surface area (Å²) in [5.74, 6) is -7.57. The molecule has 2 aliphatic carbocycles. The average Bonchev–Trinajstić information content (AvgIpc) is 3.68. The van der Waals surface area contributed by atoms with E-state index in [2.05, 4.69) is 5.32 Å². The Morgan fingerprint density at radius 2 is 1.77 bits per heavy atom. The molecule has 3 aromatic rings. The van der Waals surface area contributed by atoms with E-state index in [1.54, 1.807) is 5.06 Å². The van der Waals surface area contributed by atoms with E-state index in [1.807, 2.05) is 30.3 Å². The highest BCUT2D eigenvalue weighted by Crippen LogP contribution is 2.62. The van der Waals surface area contributed by atoms with Crippen molar-refractivity contribution in [2.75, 3.05) is 19.0 Å². The minimum absolute atomic E-state index is 0.0521. The van der Waals surface area contributed by atoms with E-state index < -0.39 is 61.8 Å². The first kappa shape index (κ1) is 30.6. The van der Waals surface area contributed by atoms with Gasteiger partial charge in [0.1, 0.15) is 5.92 Å². The molecule has 1 N–H and O–H groups in total. The Kier molecular flexibility index (Phi) is 7.98. The first-order valence-electron chi connectivity index (χ1n) is 14.0. The summed E-state index contributed by atoms with van der Waals surface area (Å²) in [5, 5.41) is 2.98. The van der Waals surface area contributed by atoms with Crippen molar-refractivity contribution in [3.63, 3.8) is 0 Å². The van der Waals surface area contributed by atoms with Crippen LogP contribution in [-0.4, -0.2) is 49.9 Å². The van der Waals surface area contributed by atoms with Gasteiger partial charge in [0.2, 0.25) is 0 Å². The van der Waals surface area contributed by atoms with Crippen molar-refractivity contribution in [1.29, 1.82) is 0 Å². The fourth-order valence-electron chi connectivity index (χ4n) is 7.33. The van der Waals surface area contributed by atoms with Gasteiger partial charge in [-0.25, -0.2) is 21.6 Å². The van der Waals surface area contributed by atoms with E-state index in [-0.39, 0.29) is 33.7 Å². The number of carbonyl (C=O) groups is 2. The van der Waals surface area contributed by atoms with Crippen LogP contribution in [0.15, 0.2) is 65.6 Å². The summed E-state index contributed by atoms with van der Waals surface area (Å²) in [6, 6.07) is 14.4. The number of amides is 1. The van der Waals surface area contributed by atoms with Gasteiger partial charge in [-0.15, -0.1) is 0 Å². The molecule has 1 amide bonds. The van der Waals surface area contributed by atoms with Gasteiger partial charge in [0.15, 0.2) is 27.3 Å². The minimum Gasteiger partial charge on any atom is -0.469 e. The number of anilines is 1. The molecule has 1 aliphatic heterocycles. The van der Waals surface area contributed by atoms with Crippen LogP contribution < -0.4 is 5.32 Å². The van der Waals surface area contributed by atoms with Crippen LogP contribution in [0.4, 0.5) is 18.9 Å². The Labute approximate surface area is 257 Å². The Bertz CT molecular complexity index is 1720. The third-order valence-electron chi connectivity index (χ3n) is 9.16. The number of nitrogens with one attached hydrogen (secondary N) is 1. The molecule has 1 spiro atoms. The van der Waals surface area contributed by atoms with Crippen LogP contribution in [-0.2, 0) is 30.8 Å². The highest BCUT2D eigenvalue weighted by Gasteiger charge is 2.70. The van der Waals surface area contributed by atoms with Crippen LogP contribution >= 0.6 is 11.6 Å². The number of hydrogen-bond acceptors (Lipinski definition) is 7. The number of fused-ring (bicyclic) bond motifs is 3. The summed E-state index contributed by atoms with van der Waals surface area (Å²) in [6.45, 7) is 0.391. The average molecular weight is 649 g/mol. The van der Waals surface area contributed by atoms with Crippen LogP contribution in [0, 0.1) is 35.2 Å². The van der Waals surface area contributed by atoms with Gasteiger partial charge in [0.25, 0.3) is 5.91 Å². The van der Waals surface area contributed by atoms with Crippen LogP contribution in [0.5, 0.6) is 0 Å². The number of benzene rings is 3. The van der Waals surface area contributed by atoms with Gasteiger partial charge in [-0.1, -0.05) is 41.9 Å². The molecule has 2 saturated carbocycles. The highest BCUT2D eigenvalue weighted by molar-refractivity contribution is 7.92. The molecular weight excluding hydrogens is 621 g/mol. The van der Waals surface area contributed by atoms with Crippen LogP contribution in [0.2, 0.25) is 5.02 Å². The van der Waals surface area contributed by atoms with Crippen molar-refractivity contribution in [3.05, 3.63) is 94.3 Å². The van der Waals surface area contributed by atoms with Crippen molar-refractivity contribution in [2.45, 2.75) is 41.5 Å². The maximum Gasteiger partial charge on any atom is 0.313 e. The van der Waals surface area contributed by atoms with Crippen molar-refractivity contribution < 1.29 is 40.8 Å². The minimum atomic E-state index is -4.18. The van der Waals surface area contributed by atoms with Gasteiger partial charge in [-0.3, -0.25) is 14.4 Å². The largest absolute Gasteiger partial charge is 0.469 e. The standard InChI is InChI=1S/C31H28ClF3N2O6S/c1-42-30(39)22-16-43-37(15-17-5-3-2-4-6-17)31(22)14-19-7-9-21(31)28(19)44(40,41)26-11-18(8-10-23(26)32)29(38)36-20-12-24(33)27(35)25(34)13-20/h2-6,8,10-13,19,21-22,28H,7,9,14-16H2,1H3,(H,36,38)/t19?,21?,22?,28?,31-/m1/s1. The summed E-state index contributed by atoms with van der Waals surface area (Å²) in [4.78, 5) is 31.8. The van der Waals surface area contributed by atoms with Gasteiger partial charge in [0, 0.05) is 29.9 Å². The number of nitrogens with zero attached hydrogens (tertiary/aromatic N) is 1. The van der Waals surface area contributed by atoms with Crippen molar-refractivity contribution in [1.82, 2.24) is 5.06 Å². The van der Waals surface area contributed by atoms with Gasteiger partial charge in [-0.2, -0.15) is 5.06 Å². The zero-order valence-corrected chi connectivity index (χ0v) is 25.0. The molecule has 2 bridgehead atoms. The summed E-state index contributed by atoms with van der Waals surface area (Å²) in [6.07, 6.45) is 1.52. The number of hydrogen-bond donors (Lipinski definition) is 1. The number of esters is 1. The van der Waals surface area contributed by atoms with E-state index in [0.29, 0.717) is 37.9 Å². The molecule has 0 radical (unpaired) electrons. The monoisotopic (exact) mass is 648 g/mol. The summed E-state index contributed by atoms with van der Waals surface area (Å²) in [5.41, 5.74) is -0.500. The van der Waals surface area contributed by atoms with Gasteiger partial charge < -0.3 is 10.1 Å². The number of hydroxylamine groups is 2. The van der Waals surface area contributed by atoms with Crippen molar-refractivity contribution >= 4 is 39.0 Å². The zero-order valence-electron chi connectivity index (χ0n) is 23.4. The topological polar surface area (TPSA) is 102 Å². The fourth-order valence-corrected chi connectivity index (χ4v) is 10.2. The van der Waals surface area contributed by atoms with E-state index in [1.165, 1.54) is 19.2 Å². The molecule has 6 rings (SSSR count). The maximum absolute atomic E-state index is 14.4. The lowest BCUT2D eigenvalue weighted by Gasteiger charge is -2.42. The number of rotatable bonds is 7. The molecule has 232 valence electrons. The molecule has 44 heavy (non-hydrogen) atoms. The predicted octanol–water partition coefficient (Wildman–Crippen LogP) is 5.56. The SMILES string of the molecule is COC(=O)C1CON(Cc2ccccc2)[C@@]12CC1CCC2C1S(=O)(=O)c1cc(C(=O)Nc2cc(F)c(F)c(F)c2)ccc1Cl. The molecule has 3 aliphatic rings. The van der Waals surface area contributed by atoms with Gasteiger partial charge >= 0.3 is 5.97 Å². The maximum atomic E-state index is 14.4. The van der Waals surface area contributed by atoms with E-state index in [0.717, 1.165) is 11.6 Å². The number of halogens is 4. The fraction of sp³-hybridized carbons (Fsp3) is 0.355. The quantitative estimate of drug-likeness (QED) is 0.265. The second kappa shape index (κ2) is 11.5. The Balaban J connectivity index is 1.34. The Hall–Kier alpha value is -3.45. The Morgan fingerprint density at radius 1 is 1.07 bits per heavy atom. The first-order chi connectivity index (χ1) is 21.0. The normalized spacial score (nSPS) is 26.3. The summed E-state index contributed by atoms with van der Waals surface area (Å²) >= 11 is 6.43. The molecule has 3 aromatic carbocycles. The molecule has 1 heterocycles. The number of sulfone groups is 1. The van der Waals surface area contributed by atoms with E-state index in [9.17, 15) is 31.2 Å². The molecule has 3 fully saturated rings. The van der Waals surface area contributed by atoms with Crippen LogP contribution in [0.1, 0.15) is 35.2 Å². The smallest absolute Gasteiger partial charge is 0.313 e. The molecule has 4 unspecified atom stereocenters. The number of methoxy groups -OCH3 is 1. The Morgan fingerprint density at radius 3 is 2.45 bits per heavy atom. The lowest BCUT2D eigenvalue weighted by Crippen LogP contribution is -2.55. The second-order valence-electron chi connectivity index (χ2n) is 11.4. The van der Waals surface area contributed by atoms with Gasteiger partial charge in [-0.05, 0) is 54.9 Å². The zero-order chi connectivity index (χ0) is 31.4. The summed E-state index contributed by atoms with van der Waals surface area (Å²) in [7, 11) is -2.89. The lowest BCUT2D eigenvalue weighted by atomic mass is 9.72. The third-order valence-corrected chi connectivity index (χ3v) is 12.0. The van der Waals surface area contributed by atoms with Crippen molar-refractivity contribution in [2.24, 2.45) is 17.8 Å². The highest BCUT2D eigenvalue weighted by atomic mass is 35.5. The van der Waals surface area contributed by atoms with Crippen LogP contribution in [0.3, 0.4) is 0 Å². The molecule has 1 saturated heterocycles. The molecule has 0 aromatic heterocycles. The van der Waals surface area contributed by atoms with E-state index >= 15 is 0 Å². The van der Waals surface area contributed by atoms with Crippen molar-refractivity contribution in [3.8, 4) is 0 Å². The first-order valence-corrected chi connectivity index (χ1v) is 15.9. The molecular formula is C31H28ClF3N2O6S. The number of carbonyl (C=O) groups excluding carboxylic acids is 2. The third kappa shape index (κ3) is 4.97. The molecule has 5 atom stereocenters. The van der Waals surface area contributed by atoms with Crippen LogP contribution in [0.25, 0.3) is 0 Å². The van der Waals surface area contributed by atoms with E-state index in [4.69, 9.17) is 21.2 Å². The number of ether oxygens (including phenoxy) is 1. The molecule has 8 nitrogen and oxygen atoms in total. The molecule has 13 heteroatoms. The lowest BCUT2D eigenvalue weighted by molar-refractivity contribution is -0.187. The van der Waals surface area contributed by atoms with Gasteiger partial charge in [0.05, 0.1) is 34.4 Å². The second-order valence-corrected chi connectivity index (χ2v) is 13.9.